The molecule has 21 heavy (non-hydrogen) atoms. The van der Waals surface area contributed by atoms with E-state index in [1.807, 2.05) is 0 Å². The molecular weight excluding hydrogens is 402 g/mol. The minimum absolute atomic E-state index is 0.0812. The Kier molecular flexibility index (Phi) is 5.04. The van der Waals surface area contributed by atoms with Gasteiger partial charge in [-0.15, -0.1) is 11.3 Å². The van der Waals surface area contributed by atoms with E-state index in [-0.39, 0.29) is 4.21 Å². The van der Waals surface area contributed by atoms with Crippen LogP contribution in [0.15, 0.2) is 14.1 Å². The second kappa shape index (κ2) is 6.16. The maximum absolute atomic E-state index is 12.4. The maximum atomic E-state index is 12.4. The summed E-state index contributed by atoms with van der Waals surface area (Å²) in [6.07, 6.45) is 2.58. The summed E-state index contributed by atoms with van der Waals surface area (Å²) in [5.41, 5.74) is -1.08. The van der Waals surface area contributed by atoms with Crippen molar-refractivity contribution in [3.8, 4) is 0 Å². The molecule has 0 saturated heterocycles. The lowest BCUT2D eigenvalue weighted by molar-refractivity contribution is -0.151. The zero-order valence-electron chi connectivity index (χ0n) is 11.2. The number of hydrogen-bond donors (Lipinski definition) is 2. The first-order chi connectivity index (χ1) is 9.67. The number of aliphatic carboxylic acids is 1. The lowest BCUT2D eigenvalue weighted by Crippen LogP contribution is -2.51. The van der Waals surface area contributed by atoms with Crippen molar-refractivity contribution < 1.29 is 18.3 Å². The van der Waals surface area contributed by atoms with Gasteiger partial charge in [0, 0.05) is 6.04 Å². The number of nitrogens with one attached hydrogen (secondary N) is 1. The molecule has 1 aliphatic rings. The number of carboxylic acids is 1. The first-order valence-corrected chi connectivity index (χ1v) is 9.84. The van der Waals surface area contributed by atoms with Gasteiger partial charge in [0.15, 0.2) is 0 Å². The van der Waals surface area contributed by atoms with Crippen molar-refractivity contribution in [2.45, 2.75) is 42.9 Å². The van der Waals surface area contributed by atoms with Crippen molar-refractivity contribution in [1.29, 1.82) is 0 Å². The largest absolute Gasteiger partial charge is 0.481 e. The van der Waals surface area contributed by atoms with Gasteiger partial charge >= 0.3 is 5.97 Å². The Balaban J connectivity index is 2.28. The molecule has 0 aliphatic heterocycles. The van der Waals surface area contributed by atoms with E-state index in [0.29, 0.717) is 21.7 Å². The summed E-state index contributed by atoms with van der Waals surface area (Å²) < 4.78 is 28.0. The van der Waals surface area contributed by atoms with Gasteiger partial charge in [0.1, 0.15) is 4.21 Å². The molecule has 1 aromatic heterocycles. The topological polar surface area (TPSA) is 83.5 Å². The Morgan fingerprint density at radius 1 is 1.57 bits per heavy atom. The second-order valence-electron chi connectivity index (χ2n) is 5.33. The van der Waals surface area contributed by atoms with E-state index in [9.17, 15) is 18.3 Å². The molecule has 0 spiro atoms. The second-order valence-corrected chi connectivity index (χ2v) is 10.0. The van der Waals surface area contributed by atoms with E-state index in [1.54, 1.807) is 6.92 Å². The fraction of sp³-hybridized carbons (Fsp3) is 0.583. The van der Waals surface area contributed by atoms with Crippen molar-refractivity contribution in [2.24, 2.45) is 5.41 Å². The Morgan fingerprint density at radius 2 is 2.24 bits per heavy atom. The van der Waals surface area contributed by atoms with Crippen molar-refractivity contribution in [2.75, 3.05) is 0 Å². The van der Waals surface area contributed by atoms with Gasteiger partial charge in [-0.3, -0.25) is 4.79 Å². The molecule has 1 aliphatic carbocycles. The summed E-state index contributed by atoms with van der Waals surface area (Å²) in [5.74, 6) is -0.972. The molecule has 0 amide bonds. The molecule has 9 heteroatoms. The van der Waals surface area contributed by atoms with Crippen LogP contribution in [0.25, 0.3) is 0 Å². The molecule has 2 rings (SSSR count). The van der Waals surface area contributed by atoms with Crippen LogP contribution < -0.4 is 4.72 Å². The van der Waals surface area contributed by atoms with Crippen LogP contribution in [0.2, 0.25) is 5.02 Å². The number of rotatable bonds is 4. The van der Waals surface area contributed by atoms with Crippen molar-refractivity contribution in [3.63, 3.8) is 0 Å². The molecule has 118 valence electrons. The van der Waals surface area contributed by atoms with Gasteiger partial charge in [-0.25, -0.2) is 13.1 Å². The highest BCUT2D eigenvalue weighted by Gasteiger charge is 2.45. The summed E-state index contributed by atoms with van der Waals surface area (Å²) >= 11 is 10.0. The molecule has 0 radical (unpaired) electrons. The molecule has 1 fully saturated rings. The van der Waals surface area contributed by atoms with Crippen LogP contribution in [-0.4, -0.2) is 25.5 Å². The molecular formula is C12H15BrClNO4S2. The van der Waals surface area contributed by atoms with Gasteiger partial charge < -0.3 is 5.11 Å². The average molecular weight is 417 g/mol. The van der Waals surface area contributed by atoms with E-state index in [4.69, 9.17) is 11.6 Å². The van der Waals surface area contributed by atoms with Gasteiger partial charge in [0.05, 0.1) is 14.2 Å². The Labute approximate surface area is 140 Å². The van der Waals surface area contributed by atoms with E-state index in [2.05, 4.69) is 20.7 Å². The van der Waals surface area contributed by atoms with Crippen LogP contribution in [0.1, 0.15) is 32.6 Å². The molecule has 1 saturated carbocycles. The zero-order chi connectivity index (χ0) is 15.8. The number of sulfonamides is 1. The standard InChI is InChI=1S/C12H15BrClNO4S2/c1-12(11(16)17)5-3-2-4-8(12)15-21(18,19)9-6-7(14)10(13)20-9/h6,8,15H,2-5H2,1H3,(H,16,17). The predicted molar refractivity (Wildman–Crippen MR) is 85.3 cm³/mol. The third-order valence-electron chi connectivity index (χ3n) is 3.88. The lowest BCUT2D eigenvalue weighted by atomic mass is 9.72. The molecule has 5 nitrogen and oxygen atoms in total. The summed E-state index contributed by atoms with van der Waals surface area (Å²) in [6.45, 7) is 1.60. The molecule has 1 heterocycles. The summed E-state index contributed by atoms with van der Waals surface area (Å²) in [6, 6.07) is 0.743. The molecule has 0 bridgehead atoms. The van der Waals surface area contributed by atoms with Crippen LogP contribution >= 0.6 is 38.9 Å². The molecule has 2 atom stereocenters. The van der Waals surface area contributed by atoms with Crippen molar-refractivity contribution >= 4 is 54.9 Å². The average Bonchev–Trinajstić information content (AvgIpc) is 2.73. The monoisotopic (exact) mass is 415 g/mol. The minimum Gasteiger partial charge on any atom is -0.481 e. The van der Waals surface area contributed by atoms with Gasteiger partial charge in [-0.2, -0.15) is 0 Å². The fourth-order valence-electron chi connectivity index (χ4n) is 2.48. The Morgan fingerprint density at radius 3 is 2.76 bits per heavy atom. The van der Waals surface area contributed by atoms with E-state index >= 15 is 0 Å². The molecule has 2 N–H and O–H groups in total. The van der Waals surface area contributed by atoms with Crippen LogP contribution in [0.5, 0.6) is 0 Å². The van der Waals surface area contributed by atoms with E-state index in [0.717, 1.165) is 24.2 Å². The first-order valence-electron chi connectivity index (χ1n) is 6.37. The van der Waals surface area contributed by atoms with Crippen LogP contribution in [0.4, 0.5) is 0 Å². The normalized spacial score (nSPS) is 26.7. The number of thiophene rings is 1. The van der Waals surface area contributed by atoms with Crippen LogP contribution in [0.3, 0.4) is 0 Å². The SMILES string of the molecule is CC1(C(=O)O)CCCCC1NS(=O)(=O)c1cc(Cl)c(Br)s1. The molecule has 0 aromatic carbocycles. The van der Waals surface area contributed by atoms with Gasteiger partial charge in [-0.05, 0) is 41.8 Å². The number of carbonyl (C=O) groups is 1. The highest BCUT2D eigenvalue weighted by Crippen LogP contribution is 2.39. The molecule has 1 aromatic rings. The van der Waals surface area contributed by atoms with Gasteiger partial charge in [-0.1, -0.05) is 24.4 Å². The summed E-state index contributed by atoms with van der Waals surface area (Å²) in [5, 5.41) is 9.75. The van der Waals surface area contributed by atoms with Gasteiger partial charge in [0.2, 0.25) is 10.0 Å². The Hall–Kier alpha value is -0.150. The molecule has 2 unspecified atom stereocenters. The van der Waals surface area contributed by atoms with E-state index < -0.39 is 27.4 Å². The van der Waals surface area contributed by atoms with Crippen LogP contribution in [0, 0.1) is 5.41 Å². The number of halogens is 2. The summed E-state index contributed by atoms with van der Waals surface area (Å²) in [7, 11) is -3.78. The highest BCUT2D eigenvalue weighted by molar-refractivity contribution is 9.11. The van der Waals surface area contributed by atoms with Crippen LogP contribution in [-0.2, 0) is 14.8 Å². The predicted octanol–water partition coefficient (Wildman–Crippen LogP) is 3.48. The quantitative estimate of drug-likeness (QED) is 0.787. The third-order valence-corrected chi connectivity index (χ3v) is 8.30. The van der Waals surface area contributed by atoms with Crippen molar-refractivity contribution in [1.82, 2.24) is 4.72 Å². The zero-order valence-corrected chi connectivity index (χ0v) is 15.2. The fourth-order valence-corrected chi connectivity index (χ4v) is 6.28. The highest BCUT2D eigenvalue weighted by atomic mass is 79.9. The van der Waals surface area contributed by atoms with E-state index in [1.165, 1.54) is 6.07 Å². The Bertz CT molecular complexity index is 641. The minimum atomic E-state index is -3.78. The number of carboxylic acid groups (broad SMARTS) is 1. The first kappa shape index (κ1) is 17.2. The maximum Gasteiger partial charge on any atom is 0.310 e. The lowest BCUT2D eigenvalue weighted by Gasteiger charge is -2.37. The van der Waals surface area contributed by atoms with Crippen molar-refractivity contribution in [3.05, 3.63) is 14.9 Å². The number of hydrogen-bond acceptors (Lipinski definition) is 4. The smallest absolute Gasteiger partial charge is 0.310 e. The third kappa shape index (κ3) is 3.44. The summed E-state index contributed by atoms with van der Waals surface area (Å²) in [4.78, 5) is 11.5. The van der Waals surface area contributed by atoms with Gasteiger partial charge in [0.25, 0.3) is 0 Å².